The normalized spacial score (nSPS) is 14.2. The van der Waals surface area contributed by atoms with E-state index in [1.54, 1.807) is 6.92 Å². The van der Waals surface area contributed by atoms with E-state index in [1.807, 2.05) is 6.08 Å². The lowest BCUT2D eigenvalue weighted by Crippen LogP contribution is -2.12. The fourth-order valence-corrected chi connectivity index (χ4v) is 1.89. The summed E-state index contributed by atoms with van der Waals surface area (Å²) in [6, 6.07) is 0. The molecule has 0 bridgehead atoms. The van der Waals surface area contributed by atoms with Crippen LogP contribution in [0, 0.1) is 11.8 Å². The smallest absolute Gasteiger partial charge is 0.244 e. The minimum absolute atomic E-state index is 0.297. The third-order valence-corrected chi connectivity index (χ3v) is 3.25. The predicted octanol–water partition coefficient (Wildman–Crippen LogP) is 3.66. The summed E-state index contributed by atoms with van der Waals surface area (Å²) in [5, 5.41) is 0. The van der Waals surface area contributed by atoms with Gasteiger partial charge in [0.2, 0.25) is 5.91 Å². The molecule has 0 aromatic rings. The second-order valence-electron chi connectivity index (χ2n) is 4.98. The largest absolute Gasteiger partial charge is 0.366 e. The Morgan fingerprint density at radius 1 is 1.31 bits per heavy atom. The summed E-state index contributed by atoms with van der Waals surface area (Å²) in [4.78, 5) is 10.8. The molecule has 0 aliphatic rings. The van der Waals surface area contributed by atoms with Crippen molar-refractivity contribution in [1.82, 2.24) is 0 Å². The molecule has 0 aliphatic heterocycles. The average molecular weight is 225 g/mol. The summed E-state index contributed by atoms with van der Waals surface area (Å²) in [5.74, 6) is 1.21. The van der Waals surface area contributed by atoms with Gasteiger partial charge in [0.05, 0.1) is 0 Å². The summed E-state index contributed by atoms with van der Waals surface area (Å²) in [6.07, 6.45) is 7.99. The minimum atomic E-state index is -0.297. The van der Waals surface area contributed by atoms with Gasteiger partial charge in [0.1, 0.15) is 0 Å². The molecule has 0 spiro atoms. The van der Waals surface area contributed by atoms with Gasteiger partial charge in [-0.1, -0.05) is 46.1 Å². The van der Waals surface area contributed by atoms with Crippen LogP contribution >= 0.6 is 0 Å². The number of hydrogen-bond donors (Lipinski definition) is 1. The van der Waals surface area contributed by atoms with Crippen LogP contribution in [0.15, 0.2) is 11.6 Å². The Morgan fingerprint density at radius 2 is 1.94 bits per heavy atom. The summed E-state index contributed by atoms with van der Waals surface area (Å²) in [7, 11) is 0. The minimum Gasteiger partial charge on any atom is -0.366 e. The van der Waals surface area contributed by atoms with Gasteiger partial charge >= 0.3 is 0 Å². The maximum Gasteiger partial charge on any atom is 0.244 e. The van der Waals surface area contributed by atoms with Crippen molar-refractivity contribution in [2.75, 3.05) is 0 Å². The first-order valence-electron chi connectivity index (χ1n) is 6.45. The van der Waals surface area contributed by atoms with Crippen LogP contribution in [-0.2, 0) is 4.79 Å². The zero-order chi connectivity index (χ0) is 12.6. The molecule has 2 heteroatoms. The molecule has 0 saturated heterocycles. The summed E-state index contributed by atoms with van der Waals surface area (Å²) < 4.78 is 0. The van der Waals surface area contributed by atoms with Crippen LogP contribution < -0.4 is 5.73 Å². The molecule has 0 rings (SSSR count). The van der Waals surface area contributed by atoms with E-state index in [9.17, 15) is 4.79 Å². The highest BCUT2D eigenvalue weighted by Gasteiger charge is 2.11. The monoisotopic (exact) mass is 225 g/mol. The molecule has 1 amide bonds. The second kappa shape index (κ2) is 8.37. The quantitative estimate of drug-likeness (QED) is 0.629. The number of hydrogen-bond acceptors (Lipinski definition) is 1. The summed E-state index contributed by atoms with van der Waals surface area (Å²) in [6.45, 7) is 8.59. The topological polar surface area (TPSA) is 43.1 Å². The van der Waals surface area contributed by atoms with Crippen molar-refractivity contribution in [2.45, 2.75) is 59.8 Å². The van der Waals surface area contributed by atoms with Crippen molar-refractivity contribution < 1.29 is 4.79 Å². The number of allylic oxidation sites excluding steroid dienone is 1. The molecule has 0 aromatic carbocycles. The van der Waals surface area contributed by atoms with Gasteiger partial charge in [-0.25, -0.2) is 0 Å². The van der Waals surface area contributed by atoms with Crippen molar-refractivity contribution in [3.05, 3.63) is 11.6 Å². The average Bonchev–Trinajstić information content (AvgIpc) is 2.21. The van der Waals surface area contributed by atoms with E-state index in [1.165, 1.54) is 25.7 Å². The van der Waals surface area contributed by atoms with Gasteiger partial charge in [0.15, 0.2) is 0 Å². The lowest BCUT2D eigenvalue weighted by atomic mass is 9.86. The van der Waals surface area contributed by atoms with Crippen LogP contribution in [0.2, 0.25) is 0 Å². The molecule has 1 atom stereocenters. The fourth-order valence-electron chi connectivity index (χ4n) is 1.89. The highest BCUT2D eigenvalue weighted by molar-refractivity contribution is 5.91. The molecule has 94 valence electrons. The number of carbonyl (C=O) groups excluding carboxylic acids is 1. The van der Waals surface area contributed by atoms with Crippen molar-refractivity contribution in [2.24, 2.45) is 17.6 Å². The molecule has 0 heterocycles. The van der Waals surface area contributed by atoms with E-state index >= 15 is 0 Å². The summed E-state index contributed by atoms with van der Waals surface area (Å²) >= 11 is 0. The van der Waals surface area contributed by atoms with Crippen LogP contribution in [0.1, 0.15) is 59.8 Å². The molecule has 2 N–H and O–H groups in total. The van der Waals surface area contributed by atoms with Gasteiger partial charge in [0, 0.05) is 5.57 Å². The Kier molecular flexibility index (Phi) is 7.96. The number of carbonyl (C=O) groups is 1. The van der Waals surface area contributed by atoms with Crippen molar-refractivity contribution >= 4 is 5.91 Å². The van der Waals surface area contributed by atoms with Gasteiger partial charge < -0.3 is 5.73 Å². The maximum atomic E-state index is 10.8. The van der Waals surface area contributed by atoms with Crippen LogP contribution in [-0.4, -0.2) is 5.91 Å². The van der Waals surface area contributed by atoms with E-state index in [0.29, 0.717) is 5.57 Å². The Labute approximate surface area is 100 Å². The number of primary amides is 1. The van der Waals surface area contributed by atoms with Gasteiger partial charge in [-0.3, -0.25) is 4.79 Å². The molecule has 1 unspecified atom stereocenters. The number of amides is 1. The molecule has 0 fully saturated rings. The molecular formula is C14H27NO. The standard InChI is InChI=1S/C14H27NO/c1-5-6-9-13(11(2)3)10-7-8-12(4)14(15)16/h8,11,13H,5-7,9-10H2,1-4H3,(H2,15,16)/b12-8+. The Balaban J connectivity index is 4.02. The van der Waals surface area contributed by atoms with Crippen molar-refractivity contribution in [3.63, 3.8) is 0 Å². The van der Waals surface area contributed by atoms with E-state index < -0.39 is 0 Å². The highest BCUT2D eigenvalue weighted by atomic mass is 16.1. The molecular weight excluding hydrogens is 198 g/mol. The lowest BCUT2D eigenvalue weighted by Gasteiger charge is -2.19. The van der Waals surface area contributed by atoms with Crippen LogP contribution in [0.3, 0.4) is 0 Å². The zero-order valence-corrected chi connectivity index (χ0v) is 11.3. The predicted molar refractivity (Wildman–Crippen MR) is 70.0 cm³/mol. The van der Waals surface area contributed by atoms with Gasteiger partial charge in [-0.05, 0) is 31.6 Å². The van der Waals surface area contributed by atoms with E-state index in [4.69, 9.17) is 5.73 Å². The van der Waals surface area contributed by atoms with E-state index in [0.717, 1.165) is 18.3 Å². The molecule has 0 aromatic heterocycles. The van der Waals surface area contributed by atoms with Crippen LogP contribution in [0.25, 0.3) is 0 Å². The number of nitrogens with two attached hydrogens (primary N) is 1. The summed E-state index contributed by atoms with van der Waals surface area (Å²) in [5.41, 5.74) is 5.88. The number of unbranched alkanes of at least 4 members (excludes halogenated alkanes) is 1. The van der Waals surface area contributed by atoms with Gasteiger partial charge in [0.25, 0.3) is 0 Å². The third kappa shape index (κ3) is 6.65. The van der Waals surface area contributed by atoms with Gasteiger partial charge in [-0.2, -0.15) is 0 Å². The first kappa shape index (κ1) is 15.2. The SMILES string of the molecule is CCCCC(CC/C=C(\C)C(N)=O)C(C)C. The van der Waals surface area contributed by atoms with E-state index in [-0.39, 0.29) is 5.91 Å². The third-order valence-electron chi connectivity index (χ3n) is 3.25. The molecule has 0 saturated carbocycles. The fraction of sp³-hybridized carbons (Fsp3) is 0.786. The van der Waals surface area contributed by atoms with Crippen molar-refractivity contribution in [1.29, 1.82) is 0 Å². The maximum absolute atomic E-state index is 10.8. The van der Waals surface area contributed by atoms with Crippen LogP contribution in [0.4, 0.5) is 0 Å². The lowest BCUT2D eigenvalue weighted by molar-refractivity contribution is -0.114. The zero-order valence-electron chi connectivity index (χ0n) is 11.3. The Morgan fingerprint density at radius 3 is 2.38 bits per heavy atom. The van der Waals surface area contributed by atoms with Gasteiger partial charge in [-0.15, -0.1) is 0 Å². The molecule has 0 radical (unpaired) electrons. The Bertz CT molecular complexity index is 231. The number of rotatable bonds is 8. The molecule has 2 nitrogen and oxygen atoms in total. The molecule has 16 heavy (non-hydrogen) atoms. The van der Waals surface area contributed by atoms with E-state index in [2.05, 4.69) is 20.8 Å². The van der Waals surface area contributed by atoms with Crippen LogP contribution in [0.5, 0.6) is 0 Å². The van der Waals surface area contributed by atoms with Crippen molar-refractivity contribution in [3.8, 4) is 0 Å². The Hall–Kier alpha value is -0.790. The first-order valence-corrected chi connectivity index (χ1v) is 6.45. The highest BCUT2D eigenvalue weighted by Crippen LogP contribution is 2.23. The second-order valence-corrected chi connectivity index (χ2v) is 4.98. The first-order chi connectivity index (χ1) is 7.49. The molecule has 0 aliphatic carbocycles.